The van der Waals surface area contributed by atoms with Gasteiger partial charge < -0.3 is 10.0 Å². The van der Waals surface area contributed by atoms with E-state index in [4.69, 9.17) is 0 Å². The van der Waals surface area contributed by atoms with Gasteiger partial charge in [-0.05, 0) is 31.9 Å². The monoisotopic (exact) mass is 320 g/mol. The van der Waals surface area contributed by atoms with Crippen LogP contribution in [0, 0.1) is 12.8 Å². The Morgan fingerprint density at radius 1 is 1.27 bits per heavy atom. The number of amides is 1. The van der Waals surface area contributed by atoms with Crippen LogP contribution in [0.25, 0.3) is 0 Å². The van der Waals surface area contributed by atoms with Crippen molar-refractivity contribution in [2.45, 2.75) is 45.1 Å². The summed E-state index contributed by atoms with van der Waals surface area (Å²) >= 11 is 0. The zero-order valence-corrected chi connectivity index (χ0v) is 14.9. The maximum Gasteiger partial charge on any atom is 0.252 e. The van der Waals surface area contributed by atoms with Crippen molar-refractivity contribution in [1.29, 1.82) is 0 Å². The highest BCUT2D eigenvalue weighted by Gasteiger charge is 2.24. The Bertz CT molecular complexity index is 630. The number of allylic oxidation sites excluding steroid dienone is 1. The molecule has 0 fully saturated rings. The average Bonchev–Trinajstić information content (AvgIpc) is 2.43. The van der Waals surface area contributed by atoms with Crippen molar-refractivity contribution in [1.82, 2.24) is 10.0 Å². The molecule has 0 aliphatic rings. The Labute approximate surface area is 135 Å². The van der Waals surface area contributed by atoms with Crippen molar-refractivity contribution >= 4 is 27.0 Å². The Balaban J connectivity index is 2.96. The summed E-state index contributed by atoms with van der Waals surface area (Å²) in [5, 5.41) is 3.16. The first-order valence-electron chi connectivity index (χ1n) is 7.47. The second kappa shape index (κ2) is 7.54. The summed E-state index contributed by atoms with van der Waals surface area (Å²) < 4.78 is 3.03. The fourth-order valence-electron chi connectivity index (χ4n) is 2.08. The molecule has 122 valence electrons. The molecule has 0 aromatic heterocycles. The summed E-state index contributed by atoms with van der Waals surface area (Å²) in [4.78, 5) is 13.6. The van der Waals surface area contributed by atoms with Crippen LogP contribution in [0.15, 0.2) is 41.4 Å². The molecule has 0 saturated heterocycles. The van der Waals surface area contributed by atoms with Gasteiger partial charge in [-0.3, -0.25) is 4.79 Å². The van der Waals surface area contributed by atoms with Crippen LogP contribution in [-0.2, 0) is 4.79 Å². The van der Waals surface area contributed by atoms with Gasteiger partial charge in [0.1, 0.15) is 6.04 Å². The fourth-order valence-corrected chi connectivity index (χ4v) is 3.37. The SMILES string of the molecule is C=C(C)N[C@@H](C(=O)NS(=C)(=C)c1ccc(C)cc1)[C@@H](C)CC. The third-order valence-corrected chi connectivity index (χ3v) is 5.43. The molecule has 2 N–H and O–H groups in total. The van der Waals surface area contributed by atoms with Crippen molar-refractivity contribution < 1.29 is 4.79 Å². The van der Waals surface area contributed by atoms with E-state index in [9.17, 15) is 4.79 Å². The molecule has 0 radical (unpaired) electrons. The summed E-state index contributed by atoms with van der Waals surface area (Å²) in [7, 11) is -1.87. The summed E-state index contributed by atoms with van der Waals surface area (Å²) in [5.74, 6) is 8.42. The predicted octanol–water partition coefficient (Wildman–Crippen LogP) is 3.59. The first-order chi connectivity index (χ1) is 10.2. The summed E-state index contributed by atoms with van der Waals surface area (Å²) in [6.45, 7) is 11.8. The minimum absolute atomic E-state index is 0.0714. The molecule has 0 spiro atoms. The van der Waals surface area contributed by atoms with E-state index in [-0.39, 0.29) is 17.9 Å². The van der Waals surface area contributed by atoms with Crippen LogP contribution in [0.5, 0.6) is 0 Å². The zero-order valence-electron chi connectivity index (χ0n) is 14.1. The maximum absolute atomic E-state index is 12.7. The summed E-state index contributed by atoms with van der Waals surface area (Å²) in [6.07, 6.45) is 0.902. The first kappa shape index (κ1) is 18.4. The van der Waals surface area contributed by atoms with Gasteiger partial charge in [0.25, 0.3) is 5.91 Å². The van der Waals surface area contributed by atoms with Crippen LogP contribution < -0.4 is 10.0 Å². The Morgan fingerprint density at radius 3 is 2.27 bits per heavy atom. The summed E-state index contributed by atoms with van der Waals surface area (Å²) in [6, 6.07) is 7.67. The normalized spacial score (nSPS) is 14.0. The number of carbonyl (C=O) groups excluding carboxylic acids is 1. The number of rotatable bonds is 7. The zero-order chi connectivity index (χ0) is 16.9. The molecule has 4 heteroatoms. The lowest BCUT2D eigenvalue weighted by Crippen LogP contribution is -2.46. The number of nitrogens with one attached hydrogen (secondary N) is 2. The predicted molar refractivity (Wildman–Crippen MR) is 101 cm³/mol. The van der Waals surface area contributed by atoms with Crippen LogP contribution in [0.3, 0.4) is 0 Å². The quantitative estimate of drug-likeness (QED) is 0.754. The lowest BCUT2D eigenvalue weighted by Gasteiger charge is -2.27. The van der Waals surface area contributed by atoms with Gasteiger partial charge in [-0.2, -0.15) is 0 Å². The molecule has 1 amide bonds. The lowest BCUT2D eigenvalue weighted by atomic mass is 9.98. The van der Waals surface area contributed by atoms with Crippen LogP contribution >= 0.6 is 9.39 Å². The van der Waals surface area contributed by atoms with Crippen molar-refractivity contribution in [2.24, 2.45) is 5.92 Å². The third kappa shape index (κ3) is 4.95. The second-order valence-corrected chi connectivity index (χ2v) is 8.39. The maximum atomic E-state index is 12.7. The second-order valence-electron chi connectivity index (χ2n) is 5.95. The van der Waals surface area contributed by atoms with E-state index < -0.39 is 9.39 Å². The van der Waals surface area contributed by atoms with Crippen molar-refractivity contribution in [3.05, 3.63) is 42.1 Å². The van der Waals surface area contributed by atoms with Crippen LogP contribution in [0.1, 0.15) is 32.8 Å². The highest BCUT2D eigenvalue weighted by molar-refractivity contribution is 8.26. The Morgan fingerprint density at radius 2 is 1.82 bits per heavy atom. The van der Waals surface area contributed by atoms with Gasteiger partial charge in [0.05, 0.1) is 0 Å². The molecular weight excluding hydrogens is 292 g/mol. The van der Waals surface area contributed by atoms with Crippen molar-refractivity contribution in [3.8, 4) is 0 Å². The number of hydrogen-bond donors (Lipinski definition) is 2. The first-order valence-corrected chi connectivity index (χ1v) is 9.44. The van der Waals surface area contributed by atoms with E-state index in [2.05, 4.69) is 42.2 Å². The molecule has 0 heterocycles. The Kier molecular flexibility index (Phi) is 6.30. The van der Waals surface area contributed by atoms with E-state index in [0.717, 1.165) is 17.0 Å². The minimum Gasteiger partial charge on any atom is -0.378 e. The van der Waals surface area contributed by atoms with Crippen LogP contribution in [0.4, 0.5) is 0 Å². The van der Waals surface area contributed by atoms with Gasteiger partial charge in [0, 0.05) is 10.6 Å². The van der Waals surface area contributed by atoms with Gasteiger partial charge in [0.15, 0.2) is 0 Å². The molecule has 1 aromatic rings. The lowest BCUT2D eigenvalue weighted by molar-refractivity contribution is -0.122. The molecule has 1 rings (SSSR count). The van der Waals surface area contributed by atoms with E-state index >= 15 is 0 Å². The van der Waals surface area contributed by atoms with Crippen LogP contribution in [-0.4, -0.2) is 23.7 Å². The van der Waals surface area contributed by atoms with Gasteiger partial charge in [0.2, 0.25) is 0 Å². The van der Waals surface area contributed by atoms with E-state index in [1.165, 1.54) is 5.56 Å². The van der Waals surface area contributed by atoms with E-state index in [0.29, 0.717) is 0 Å². The molecule has 2 atom stereocenters. The highest BCUT2D eigenvalue weighted by atomic mass is 32.2. The number of hydrogen-bond acceptors (Lipinski definition) is 2. The van der Waals surface area contributed by atoms with Gasteiger partial charge in [-0.1, -0.05) is 56.3 Å². The summed E-state index contributed by atoms with van der Waals surface area (Å²) in [5.41, 5.74) is 1.95. The number of carbonyl (C=O) groups is 1. The molecule has 0 unspecified atom stereocenters. The molecule has 0 aliphatic carbocycles. The standard InChI is InChI=1S/C18H28N2OS/c1-8-15(5)17(19-13(2)3)18(21)20-22(6,7)16-11-9-14(4)10-12-16/h9-12,15,17,19H,2,6-8H2,1,3-5H3,(H,20,21)/t15-,17+/m0/s1. The molecular formula is C18H28N2OS. The molecule has 1 aromatic carbocycles. The topological polar surface area (TPSA) is 41.1 Å². The number of aryl methyl sites for hydroxylation is 1. The van der Waals surface area contributed by atoms with Gasteiger partial charge >= 0.3 is 0 Å². The molecule has 22 heavy (non-hydrogen) atoms. The van der Waals surface area contributed by atoms with Crippen LogP contribution in [0.2, 0.25) is 0 Å². The molecule has 0 bridgehead atoms. The smallest absolute Gasteiger partial charge is 0.252 e. The van der Waals surface area contributed by atoms with Crippen molar-refractivity contribution in [2.75, 3.05) is 0 Å². The van der Waals surface area contributed by atoms with E-state index in [1.54, 1.807) is 0 Å². The highest BCUT2D eigenvalue weighted by Crippen LogP contribution is 2.28. The average molecular weight is 321 g/mol. The Hall–Kier alpha value is -1.68. The third-order valence-electron chi connectivity index (χ3n) is 3.67. The van der Waals surface area contributed by atoms with Crippen molar-refractivity contribution in [3.63, 3.8) is 0 Å². The molecule has 0 aliphatic heterocycles. The van der Waals surface area contributed by atoms with E-state index in [1.807, 2.05) is 38.1 Å². The fraction of sp³-hybridized carbons (Fsp3) is 0.389. The van der Waals surface area contributed by atoms with Gasteiger partial charge in [-0.15, -0.1) is 9.39 Å². The molecule has 3 nitrogen and oxygen atoms in total. The van der Waals surface area contributed by atoms with Gasteiger partial charge in [-0.25, -0.2) is 0 Å². The molecule has 0 saturated carbocycles. The minimum atomic E-state index is -1.87. The largest absolute Gasteiger partial charge is 0.378 e. The number of benzene rings is 1.